The molecule has 30 heavy (non-hydrogen) atoms. The van der Waals surface area contributed by atoms with Gasteiger partial charge in [0.15, 0.2) is 11.5 Å². The van der Waals surface area contributed by atoms with Crippen LogP contribution in [-0.2, 0) is 10.0 Å². The topological polar surface area (TPSA) is 73.9 Å². The Hall–Kier alpha value is -3.03. The van der Waals surface area contributed by atoms with Gasteiger partial charge in [0.05, 0.1) is 31.3 Å². The second kappa shape index (κ2) is 8.77. The van der Waals surface area contributed by atoms with E-state index in [4.69, 9.17) is 14.2 Å². The van der Waals surface area contributed by atoms with Crippen LogP contribution in [0.15, 0.2) is 77.7 Å². The Kier molecular flexibility index (Phi) is 5.92. The number of rotatable bonds is 6. The summed E-state index contributed by atoms with van der Waals surface area (Å²) in [6.45, 7) is 1.04. The molecule has 1 heterocycles. The number of sulfonamides is 1. The first-order chi connectivity index (χ1) is 14.6. The number of ether oxygens (including phenoxy) is 3. The molecule has 0 radical (unpaired) electrons. The number of fused-ring (bicyclic) bond motifs is 1. The van der Waals surface area contributed by atoms with Crippen LogP contribution in [0.25, 0.3) is 0 Å². The summed E-state index contributed by atoms with van der Waals surface area (Å²) in [4.78, 5) is 0.126. The molecule has 0 fully saturated rings. The molecule has 0 saturated heterocycles. The molecule has 156 valence electrons. The Bertz CT molecular complexity index is 1100. The summed E-state index contributed by atoms with van der Waals surface area (Å²) >= 11 is 0. The van der Waals surface area contributed by atoms with Gasteiger partial charge in [-0.1, -0.05) is 42.5 Å². The van der Waals surface area contributed by atoms with E-state index in [9.17, 15) is 8.42 Å². The Morgan fingerprint density at radius 3 is 2.23 bits per heavy atom. The van der Waals surface area contributed by atoms with E-state index in [0.29, 0.717) is 30.5 Å². The minimum atomic E-state index is -3.83. The van der Waals surface area contributed by atoms with Gasteiger partial charge in [-0.15, -0.1) is 0 Å². The fourth-order valence-corrected chi connectivity index (χ4v) is 4.53. The van der Waals surface area contributed by atoms with Crippen molar-refractivity contribution >= 4 is 10.0 Å². The van der Waals surface area contributed by atoms with E-state index in [1.807, 2.05) is 54.6 Å². The van der Waals surface area contributed by atoms with Gasteiger partial charge in [-0.05, 0) is 35.4 Å². The van der Waals surface area contributed by atoms with Crippen molar-refractivity contribution in [3.05, 3.63) is 83.9 Å². The Labute approximate surface area is 176 Å². The number of hydrogen-bond donors (Lipinski definition) is 1. The predicted molar refractivity (Wildman–Crippen MR) is 114 cm³/mol. The highest BCUT2D eigenvalue weighted by Crippen LogP contribution is 2.33. The predicted octanol–water partition coefficient (Wildman–Crippen LogP) is 3.92. The van der Waals surface area contributed by atoms with Crippen LogP contribution in [0.4, 0.5) is 0 Å². The molecule has 1 aliphatic rings. The number of nitrogens with one attached hydrogen (secondary N) is 1. The molecule has 0 saturated carbocycles. The molecule has 1 atom stereocenters. The zero-order chi connectivity index (χ0) is 21.0. The number of benzene rings is 3. The van der Waals surface area contributed by atoms with E-state index < -0.39 is 16.1 Å². The lowest BCUT2D eigenvalue weighted by atomic mass is 10.00. The van der Waals surface area contributed by atoms with Crippen molar-refractivity contribution in [1.29, 1.82) is 0 Å². The molecule has 0 amide bonds. The zero-order valence-electron chi connectivity index (χ0n) is 16.6. The third kappa shape index (κ3) is 4.42. The summed E-state index contributed by atoms with van der Waals surface area (Å²) in [5.74, 6) is 1.70. The van der Waals surface area contributed by atoms with Crippen molar-refractivity contribution in [3.63, 3.8) is 0 Å². The van der Waals surface area contributed by atoms with Gasteiger partial charge in [0.25, 0.3) is 0 Å². The normalized spacial score (nSPS) is 14.6. The van der Waals surface area contributed by atoms with E-state index in [1.165, 1.54) is 12.1 Å². The molecular formula is C23H23NO5S. The maximum Gasteiger partial charge on any atom is 0.241 e. The molecule has 1 N–H and O–H groups in total. The fourth-order valence-electron chi connectivity index (χ4n) is 3.30. The third-order valence-electron chi connectivity index (χ3n) is 4.88. The molecular weight excluding hydrogens is 402 g/mol. The van der Waals surface area contributed by atoms with Gasteiger partial charge in [0, 0.05) is 12.5 Å². The number of methoxy groups -OCH3 is 1. The highest BCUT2D eigenvalue weighted by molar-refractivity contribution is 7.89. The van der Waals surface area contributed by atoms with Crippen molar-refractivity contribution in [1.82, 2.24) is 4.72 Å². The van der Waals surface area contributed by atoms with Crippen molar-refractivity contribution in [2.24, 2.45) is 0 Å². The number of hydrogen-bond acceptors (Lipinski definition) is 5. The first kappa shape index (κ1) is 20.3. The van der Waals surface area contributed by atoms with E-state index in [2.05, 4.69) is 4.72 Å². The van der Waals surface area contributed by atoms with Crippen LogP contribution in [0.5, 0.6) is 17.2 Å². The van der Waals surface area contributed by atoms with Gasteiger partial charge in [-0.2, -0.15) is 4.72 Å². The summed E-state index contributed by atoms with van der Waals surface area (Å²) in [6, 6.07) is 20.9. The SMILES string of the molecule is COc1ccc(C(NS(=O)(=O)c2ccc3c(c2)OCCCO3)c2ccccc2)cc1. The molecule has 0 aliphatic carbocycles. The van der Waals surface area contributed by atoms with Crippen LogP contribution >= 0.6 is 0 Å². The van der Waals surface area contributed by atoms with Gasteiger partial charge < -0.3 is 14.2 Å². The Morgan fingerprint density at radius 2 is 1.53 bits per heavy atom. The monoisotopic (exact) mass is 425 g/mol. The lowest BCUT2D eigenvalue weighted by Crippen LogP contribution is -2.29. The summed E-state index contributed by atoms with van der Waals surface area (Å²) in [5.41, 5.74) is 1.64. The summed E-state index contributed by atoms with van der Waals surface area (Å²) in [5, 5.41) is 0. The van der Waals surface area contributed by atoms with Crippen LogP contribution in [-0.4, -0.2) is 28.7 Å². The third-order valence-corrected chi connectivity index (χ3v) is 6.30. The van der Waals surface area contributed by atoms with Crippen molar-refractivity contribution in [2.75, 3.05) is 20.3 Å². The van der Waals surface area contributed by atoms with Crippen molar-refractivity contribution in [3.8, 4) is 17.2 Å². The Balaban J connectivity index is 1.69. The lowest BCUT2D eigenvalue weighted by Gasteiger charge is -2.20. The molecule has 0 spiro atoms. The second-order valence-corrected chi connectivity index (χ2v) is 8.61. The molecule has 1 unspecified atom stereocenters. The van der Waals surface area contributed by atoms with Crippen LogP contribution in [0, 0.1) is 0 Å². The van der Waals surface area contributed by atoms with Gasteiger partial charge >= 0.3 is 0 Å². The largest absolute Gasteiger partial charge is 0.497 e. The highest BCUT2D eigenvalue weighted by atomic mass is 32.2. The van der Waals surface area contributed by atoms with E-state index >= 15 is 0 Å². The van der Waals surface area contributed by atoms with Gasteiger partial charge in [0.2, 0.25) is 10.0 Å². The molecule has 0 aromatic heterocycles. The first-order valence-corrected chi connectivity index (χ1v) is 11.2. The minimum absolute atomic E-state index is 0.126. The Morgan fingerprint density at radius 1 is 0.867 bits per heavy atom. The molecule has 3 aromatic carbocycles. The smallest absolute Gasteiger partial charge is 0.241 e. The summed E-state index contributed by atoms with van der Waals surface area (Å²) in [6.07, 6.45) is 0.753. The zero-order valence-corrected chi connectivity index (χ0v) is 17.4. The molecule has 4 rings (SSSR count). The van der Waals surface area contributed by atoms with Crippen molar-refractivity contribution < 1.29 is 22.6 Å². The molecule has 6 nitrogen and oxygen atoms in total. The molecule has 1 aliphatic heterocycles. The standard InChI is InChI=1S/C23H23NO5S/c1-27-19-10-8-18(9-11-19)23(17-6-3-2-4-7-17)24-30(25,26)20-12-13-21-22(16-20)29-15-5-14-28-21/h2-4,6-13,16,23-24H,5,14-15H2,1H3. The molecule has 0 bridgehead atoms. The quantitative estimate of drug-likeness (QED) is 0.648. The van der Waals surface area contributed by atoms with E-state index in [-0.39, 0.29) is 4.90 Å². The summed E-state index contributed by atoms with van der Waals surface area (Å²) < 4.78 is 45.8. The van der Waals surface area contributed by atoms with Gasteiger partial charge in [-0.3, -0.25) is 0 Å². The van der Waals surface area contributed by atoms with Crippen molar-refractivity contribution in [2.45, 2.75) is 17.4 Å². The molecule has 3 aromatic rings. The average Bonchev–Trinajstić information content (AvgIpc) is 3.03. The van der Waals surface area contributed by atoms with Crippen LogP contribution < -0.4 is 18.9 Å². The van der Waals surface area contributed by atoms with Crippen LogP contribution in [0.2, 0.25) is 0 Å². The van der Waals surface area contributed by atoms with Crippen LogP contribution in [0.3, 0.4) is 0 Å². The minimum Gasteiger partial charge on any atom is -0.497 e. The molecule has 7 heteroatoms. The first-order valence-electron chi connectivity index (χ1n) is 9.68. The second-order valence-electron chi connectivity index (χ2n) is 6.90. The fraction of sp³-hybridized carbons (Fsp3) is 0.217. The maximum absolute atomic E-state index is 13.3. The van der Waals surface area contributed by atoms with Gasteiger partial charge in [0.1, 0.15) is 5.75 Å². The lowest BCUT2D eigenvalue weighted by molar-refractivity contribution is 0.297. The summed E-state index contributed by atoms with van der Waals surface area (Å²) in [7, 11) is -2.24. The van der Waals surface area contributed by atoms with Crippen LogP contribution in [0.1, 0.15) is 23.6 Å². The highest BCUT2D eigenvalue weighted by Gasteiger charge is 2.24. The van der Waals surface area contributed by atoms with Gasteiger partial charge in [-0.25, -0.2) is 8.42 Å². The van der Waals surface area contributed by atoms with E-state index in [1.54, 1.807) is 13.2 Å². The maximum atomic E-state index is 13.3. The average molecular weight is 426 g/mol. The van der Waals surface area contributed by atoms with E-state index in [0.717, 1.165) is 17.5 Å².